The van der Waals surface area contributed by atoms with Crippen LogP contribution in [0.5, 0.6) is 0 Å². The van der Waals surface area contributed by atoms with Gasteiger partial charge in [-0.25, -0.2) is 0 Å². The van der Waals surface area contributed by atoms with E-state index < -0.39 is 12.2 Å². The molecule has 0 aromatic rings. The van der Waals surface area contributed by atoms with Crippen LogP contribution in [0.25, 0.3) is 0 Å². The molecular formula is C10H20N2O3. The van der Waals surface area contributed by atoms with Gasteiger partial charge in [-0.05, 0) is 13.3 Å². The van der Waals surface area contributed by atoms with Crippen molar-refractivity contribution in [2.24, 2.45) is 0 Å². The van der Waals surface area contributed by atoms with Crippen LogP contribution >= 0.6 is 0 Å². The highest BCUT2D eigenvalue weighted by Gasteiger charge is 2.30. The minimum Gasteiger partial charge on any atom is -0.389 e. The fraction of sp³-hybridized carbons (Fsp3) is 0.900. The Morgan fingerprint density at radius 1 is 1.47 bits per heavy atom. The van der Waals surface area contributed by atoms with E-state index in [0.29, 0.717) is 13.1 Å². The number of hydrogen-bond acceptors (Lipinski definition) is 4. The Hall–Kier alpha value is -0.650. The number of aliphatic hydroxyl groups excluding tert-OH is 2. The molecule has 15 heavy (non-hydrogen) atoms. The van der Waals surface area contributed by atoms with Gasteiger partial charge in [0.1, 0.15) is 0 Å². The van der Waals surface area contributed by atoms with E-state index >= 15 is 0 Å². The smallest absolute Gasteiger partial charge is 0.234 e. The summed E-state index contributed by atoms with van der Waals surface area (Å²) in [5, 5.41) is 21.4. The summed E-state index contributed by atoms with van der Waals surface area (Å²) in [5.74, 6) is -0.0503. The first-order valence-corrected chi connectivity index (χ1v) is 5.40. The van der Waals surface area contributed by atoms with E-state index in [0.717, 1.165) is 6.42 Å². The van der Waals surface area contributed by atoms with Crippen LogP contribution in [0.15, 0.2) is 0 Å². The number of likely N-dealkylation sites (tertiary alicyclic amines) is 1. The van der Waals surface area contributed by atoms with Crippen molar-refractivity contribution in [1.82, 2.24) is 10.2 Å². The van der Waals surface area contributed by atoms with Gasteiger partial charge in [0.15, 0.2) is 0 Å². The van der Waals surface area contributed by atoms with Crippen molar-refractivity contribution >= 4 is 5.91 Å². The molecular weight excluding hydrogens is 196 g/mol. The monoisotopic (exact) mass is 216 g/mol. The van der Waals surface area contributed by atoms with Crippen molar-refractivity contribution < 1.29 is 15.0 Å². The fourth-order valence-corrected chi connectivity index (χ4v) is 1.60. The SMILES string of the molecule is CCC(C)NC(=O)CN1C[C@@H](O)[C@@H](O)C1. The Balaban J connectivity index is 2.27. The molecule has 1 amide bonds. The van der Waals surface area contributed by atoms with Gasteiger partial charge in [0.05, 0.1) is 18.8 Å². The molecule has 0 aromatic heterocycles. The quantitative estimate of drug-likeness (QED) is 0.560. The number of hydrogen-bond donors (Lipinski definition) is 3. The van der Waals surface area contributed by atoms with E-state index in [4.69, 9.17) is 0 Å². The molecule has 1 aliphatic rings. The number of amides is 1. The second kappa shape index (κ2) is 5.44. The first-order valence-electron chi connectivity index (χ1n) is 5.40. The molecule has 0 aliphatic carbocycles. The summed E-state index contributed by atoms with van der Waals surface area (Å²) in [4.78, 5) is 13.2. The molecule has 1 saturated heterocycles. The zero-order chi connectivity index (χ0) is 11.4. The fourth-order valence-electron chi connectivity index (χ4n) is 1.60. The molecule has 0 aromatic carbocycles. The maximum absolute atomic E-state index is 11.5. The highest BCUT2D eigenvalue weighted by Crippen LogP contribution is 2.08. The van der Waals surface area contributed by atoms with Crippen molar-refractivity contribution in [3.8, 4) is 0 Å². The summed E-state index contributed by atoms with van der Waals surface area (Å²) in [5.41, 5.74) is 0. The summed E-state index contributed by atoms with van der Waals surface area (Å²) in [6.07, 6.45) is -0.542. The number of carbonyl (C=O) groups is 1. The van der Waals surface area contributed by atoms with Gasteiger partial charge in [-0.2, -0.15) is 0 Å². The largest absolute Gasteiger partial charge is 0.389 e. The van der Waals surface area contributed by atoms with Gasteiger partial charge in [0.2, 0.25) is 5.91 Å². The van der Waals surface area contributed by atoms with Gasteiger partial charge in [0, 0.05) is 19.1 Å². The van der Waals surface area contributed by atoms with Crippen molar-refractivity contribution in [2.75, 3.05) is 19.6 Å². The van der Waals surface area contributed by atoms with E-state index in [-0.39, 0.29) is 18.5 Å². The molecule has 1 rings (SSSR count). The highest BCUT2D eigenvalue weighted by atomic mass is 16.3. The average molecular weight is 216 g/mol. The van der Waals surface area contributed by atoms with Crippen LogP contribution in [0, 0.1) is 0 Å². The molecule has 1 fully saturated rings. The Labute approximate surface area is 90.1 Å². The maximum atomic E-state index is 11.5. The third kappa shape index (κ3) is 3.77. The second-order valence-corrected chi connectivity index (χ2v) is 4.21. The van der Waals surface area contributed by atoms with Gasteiger partial charge >= 0.3 is 0 Å². The maximum Gasteiger partial charge on any atom is 0.234 e. The molecule has 3 atom stereocenters. The summed E-state index contributed by atoms with van der Waals surface area (Å²) in [6, 6.07) is 0.176. The topological polar surface area (TPSA) is 72.8 Å². The lowest BCUT2D eigenvalue weighted by Crippen LogP contribution is -2.40. The molecule has 0 spiro atoms. The van der Waals surface area contributed by atoms with Crippen molar-refractivity contribution in [3.05, 3.63) is 0 Å². The van der Waals surface area contributed by atoms with Crippen LogP contribution in [0.1, 0.15) is 20.3 Å². The van der Waals surface area contributed by atoms with Gasteiger partial charge < -0.3 is 15.5 Å². The lowest BCUT2D eigenvalue weighted by Gasteiger charge is -2.16. The zero-order valence-corrected chi connectivity index (χ0v) is 9.31. The summed E-state index contributed by atoms with van der Waals surface area (Å²) < 4.78 is 0. The number of aliphatic hydroxyl groups is 2. The van der Waals surface area contributed by atoms with Crippen LogP contribution in [0.4, 0.5) is 0 Å². The lowest BCUT2D eigenvalue weighted by atomic mass is 10.2. The van der Waals surface area contributed by atoms with Crippen molar-refractivity contribution in [3.63, 3.8) is 0 Å². The van der Waals surface area contributed by atoms with Crippen LogP contribution in [-0.4, -0.2) is 58.9 Å². The molecule has 5 heteroatoms. The van der Waals surface area contributed by atoms with Crippen LogP contribution in [-0.2, 0) is 4.79 Å². The number of nitrogens with zero attached hydrogens (tertiary/aromatic N) is 1. The average Bonchev–Trinajstić information content (AvgIpc) is 2.45. The molecule has 1 heterocycles. The second-order valence-electron chi connectivity index (χ2n) is 4.21. The third-order valence-corrected chi connectivity index (χ3v) is 2.72. The van der Waals surface area contributed by atoms with Crippen LogP contribution < -0.4 is 5.32 Å². The molecule has 0 saturated carbocycles. The Morgan fingerprint density at radius 2 is 2.00 bits per heavy atom. The Morgan fingerprint density at radius 3 is 2.47 bits per heavy atom. The normalized spacial score (nSPS) is 29.1. The predicted octanol–water partition coefficient (Wildman–Crippen LogP) is -1.06. The van der Waals surface area contributed by atoms with Gasteiger partial charge in [-0.1, -0.05) is 6.92 Å². The first-order chi connectivity index (χ1) is 7.02. The summed E-state index contributed by atoms with van der Waals surface area (Å²) in [7, 11) is 0. The zero-order valence-electron chi connectivity index (χ0n) is 9.31. The number of nitrogens with one attached hydrogen (secondary N) is 1. The summed E-state index contributed by atoms with van der Waals surface area (Å²) in [6.45, 7) is 4.95. The Kier molecular flexibility index (Phi) is 4.50. The van der Waals surface area contributed by atoms with Crippen LogP contribution in [0.3, 0.4) is 0 Å². The van der Waals surface area contributed by atoms with Crippen molar-refractivity contribution in [1.29, 1.82) is 0 Å². The number of carbonyl (C=O) groups excluding carboxylic acids is 1. The molecule has 0 radical (unpaired) electrons. The number of β-amino-alcohol motifs (C(OH)–C–C–N with tert-alkyl or cyclic N) is 2. The van der Waals surface area contributed by atoms with Gasteiger partial charge in [-0.15, -0.1) is 0 Å². The van der Waals surface area contributed by atoms with Crippen molar-refractivity contribution in [2.45, 2.75) is 38.5 Å². The minimum absolute atomic E-state index is 0.0503. The highest BCUT2D eigenvalue weighted by molar-refractivity contribution is 5.78. The third-order valence-electron chi connectivity index (χ3n) is 2.72. The van der Waals surface area contributed by atoms with E-state index in [1.54, 1.807) is 4.90 Å². The van der Waals surface area contributed by atoms with Gasteiger partial charge in [0.25, 0.3) is 0 Å². The number of rotatable bonds is 4. The Bertz CT molecular complexity index is 213. The molecule has 0 bridgehead atoms. The predicted molar refractivity (Wildman–Crippen MR) is 56.3 cm³/mol. The standard InChI is InChI=1S/C10H20N2O3/c1-3-7(2)11-10(15)6-12-4-8(13)9(14)5-12/h7-9,13-14H,3-6H2,1-2H3,(H,11,15)/t7?,8-,9+. The molecule has 5 nitrogen and oxygen atoms in total. The minimum atomic E-state index is -0.721. The van der Waals surface area contributed by atoms with E-state index in [9.17, 15) is 15.0 Å². The molecule has 88 valence electrons. The molecule has 1 aliphatic heterocycles. The van der Waals surface area contributed by atoms with Gasteiger partial charge in [-0.3, -0.25) is 9.69 Å². The first kappa shape index (κ1) is 12.4. The summed E-state index contributed by atoms with van der Waals surface area (Å²) >= 11 is 0. The van der Waals surface area contributed by atoms with E-state index in [2.05, 4.69) is 5.32 Å². The molecule has 1 unspecified atom stereocenters. The lowest BCUT2D eigenvalue weighted by molar-refractivity contribution is -0.122. The van der Waals surface area contributed by atoms with E-state index in [1.165, 1.54) is 0 Å². The van der Waals surface area contributed by atoms with Crippen LogP contribution in [0.2, 0.25) is 0 Å². The molecule has 3 N–H and O–H groups in total. The van der Waals surface area contributed by atoms with E-state index in [1.807, 2.05) is 13.8 Å².